The molecule has 2 nitrogen and oxygen atoms in total. The molecule has 2 aliphatic rings. The number of fused-ring (bicyclic) bond motifs is 6. The molecular weight excluding hydrogens is 256 g/mol. The molecule has 3 heterocycles. The summed E-state index contributed by atoms with van der Waals surface area (Å²) in [5, 5.41) is 5.22. The largest absolute Gasteiger partial charge is 0.313 e. The monoisotopic (exact) mass is 274 g/mol. The van der Waals surface area contributed by atoms with E-state index in [2.05, 4.69) is 64.5 Å². The van der Waals surface area contributed by atoms with E-state index < -0.39 is 0 Å². The maximum absolute atomic E-state index is 3.79. The second kappa shape index (κ2) is 4.22. The second-order valence-corrected chi connectivity index (χ2v) is 6.25. The highest BCUT2D eigenvalue weighted by Crippen LogP contribution is 2.42. The van der Waals surface area contributed by atoms with E-state index in [1.54, 1.807) is 5.56 Å². The fourth-order valence-corrected chi connectivity index (χ4v) is 4.22. The molecular formula is C19H18N2. The molecule has 1 fully saturated rings. The van der Waals surface area contributed by atoms with Gasteiger partial charge in [-0.3, -0.25) is 0 Å². The first-order valence-electron chi connectivity index (χ1n) is 7.85. The lowest BCUT2D eigenvalue weighted by atomic mass is 9.99. The number of hydrogen-bond donors (Lipinski definition) is 1. The third kappa shape index (κ3) is 1.57. The zero-order valence-corrected chi connectivity index (χ0v) is 11.9. The van der Waals surface area contributed by atoms with Gasteiger partial charge in [0.25, 0.3) is 0 Å². The minimum Gasteiger partial charge on any atom is -0.313 e. The fraction of sp³-hybridized carbons (Fsp3) is 0.263. The van der Waals surface area contributed by atoms with Gasteiger partial charge in [0.05, 0.1) is 5.52 Å². The van der Waals surface area contributed by atoms with Crippen molar-refractivity contribution in [3.05, 3.63) is 65.9 Å². The molecule has 2 aromatic carbocycles. The van der Waals surface area contributed by atoms with Crippen molar-refractivity contribution < 1.29 is 0 Å². The van der Waals surface area contributed by atoms with Crippen molar-refractivity contribution in [1.82, 2.24) is 9.88 Å². The van der Waals surface area contributed by atoms with Gasteiger partial charge < -0.3 is 9.88 Å². The average Bonchev–Trinajstić information content (AvgIpc) is 3.07. The maximum atomic E-state index is 3.79. The maximum Gasteiger partial charge on any atom is 0.0534 e. The number of aromatic nitrogens is 1. The summed E-state index contributed by atoms with van der Waals surface area (Å²) in [4.78, 5) is 0. The van der Waals surface area contributed by atoms with Crippen molar-refractivity contribution in [2.24, 2.45) is 0 Å². The Balaban J connectivity index is 1.88. The van der Waals surface area contributed by atoms with E-state index in [1.807, 2.05) is 0 Å². The van der Waals surface area contributed by atoms with Gasteiger partial charge in [0.1, 0.15) is 0 Å². The highest BCUT2D eigenvalue weighted by molar-refractivity contribution is 5.88. The van der Waals surface area contributed by atoms with Crippen LogP contribution in [0.25, 0.3) is 16.6 Å². The van der Waals surface area contributed by atoms with Gasteiger partial charge in [0.2, 0.25) is 0 Å². The highest BCUT2D eigenvalue weighted by atomic mass is 15.1. The molecule has 3 aromatic rings. The van der Waals surface area contributed by atoms with Gasteiger partial charge in [0, 0.05) is 35.3 Å². The Kier molecular flexibility index (Phi) is 2.33. The Hall–Kier alpha value is -2.06. The molecule has 0 spiro atoms. The predicted molar refractivity (Wildman–Crippen MR) is 85.9 cm³/mol. The fourth-order valence-electron chi connectivity index (χ4n) is 4.22. The average molecular weight is 274 g/mol. The van der Waals surface area contributed by atoms with Gasteiger partial charge in [-0.05, 0) is 36.6 Å². The Morgan fingerprint density at radius 1 is 0.905 bits per heavy atom. The van der Waals surface area contributed by atoms with E-state index in [4.69, 9.17) is 0 Å². The molecule has 2 atom stereocenters. The Bertz CT molecular complexity index is 816. The van der Waals surface area contributed by atoms with Gasteiger partial charge in [-0.25, -0.2) is 0 Å². The number of para-hydroxylation sites is 2. The van der Waals surface area contributed by atoms with Crippen molar-refractivity contribution in [3.8, 4) is 5.69 Å². The summed E-state index contributed by atoms with van der Waals surface area (Å²) in [6.45, 7) is 0. The Morgan fingerprint density at radius 2 is 1.71 bits per heavy atom. The van der Waals surface area contributed by atoms with E-state index in [9.17, 15) is 0 Å². The summed E-state index contributed by atoms with van der Waals surface area (Å²) in [5.41, 5.74) is 5.70. The summed E-state index contributed by atoms with van der Waals surface area (Å²) in [6, 6.07) is 20.9. The summed E-state index contributed by atoms with van der Waals surface area (Å²) < 4.78 is 2.48. The summed E-state index contributed by atoms with van der Waals surface area (Å²) >= 11 is 0. The molecule has 1 N–H and O–H groups in total. The summed E-state index contributed by atoms with van der Waals surface area (Å²) in [6.07, 6.45) is 3.73. The molecule has 104 valence electrons. The quantitative estimate of drug-likeness (QED) is 0.710. The van der Waals surface area contributed by atoms with E-state index in [-0.39, 0.29) is 0 Å². The molecule has 2 bridgehead atoms. The molecule has 0 unspecified atom stereocenters. The van der Waals surface area contributed by atoms with Crippen molar-refractivity contribution in [1.29, 1.82) is 0 Å². The number of benzene rings is 2. The SMILES string of the molecule is c1ccc(-n2c3c(c4ccccc42)[C@H]2CC[C@@H](C3)N2)cc1. The van der Waals surface area contributed by atoms with Crippen molar-refractivity contribution in [3.63, 3.8) is 0 Å². The minimum absolute atomic E-state index is 0.550. The molecule has 21 heavy (non-hydrogen) atoms. The molecule has 1 saturated heterocycles. The zero-order chi connectivity index (χ0) is 13.8. The third-order valence-corrected chi connectivity index (χ3v) is 5.06. The minimum atomic E-state index is 0.550. The van der Waals surface area contributed by atoms with Crippen molar-refractivity contribution in [2.75, 3.05) is 0 Å². The highest BCUT2D eigenvalue weighted by Gasteiger charge is 2.36. The van der Waals surface area contributed by atoms with Crippen molar-refractivity contribution in [2.45, 2.75) is 31.3 Å². The number of nitrogens with one attached hydrogen (secondary N) is 1. The van der Waals surface area contributed by atoms with E-state index >= 15 is 0 Å². The second-order valence-electron chi connectivity index (χ2n) is 6.25. The van der Waals surface area contributed by atoms with Crippen LogP contribution in [0.3, 0.4) is 0 Å². The van der Waals surface area contributed by atoms with Crippen LogP contribution in [-0.4, -0.2) is 10.6 Å². The Morgan fingerprint density at radius 3 is 2.62 bits per heavy atom. The molecule has 1 aromatic heterocycles. The third-order valence-electron chi connectivity index (χ3n) is 5.06. The molecule has 2 heteroatoms. The summed E-state index contributed by atoms with van der Waals surface area (Å²) in [5.74, 6) is 0. The van der Waals surface area contributed by atoms with Crippen LogP contribution in [-0.2, 0) is 6.42 Å². The number of rotatable bonds is 1. The van der Waals surface area contributed by atoms with Crippen LogP contribution in [0.4, 0.5) is 0 Å². The number of hydrogen-bond acceptors (Lipinski definition) is 1. The smallest absolute Gasteiger partial charge is 0.0534 e. The van der Waals surface area contributed by atoms with Crippen LogP contribution < -0.4 is 5.32 Å². The first-order chi connectivity index (χ1) is 10.4. The topological polar surface area (TPSA) is 17.0 Å². The zero-order valence-electron chi connectivity index (χ0n) is 11.9. The first-order valence-corrected chi connectivity index (χ1v) is 7.85. The molecule has 0 aliphatic carbocycles. The van der Waals surface area contributed by atoms with Gasteiger partial charge in [-0.2, -0.15) is 0 Å². The van der Waals surface area contributed by atoms with Gasteiger partial charge in [0.15, 0.2) is 0 Å². The van der Waals surface area contributed by atoms with Crippen LogP contribution in [0.1, 0.15) is 30.1 Å². The molecule has 0 radical (unpaired) electrons. The van der Waals surface area contributed by atoms with Crippen LogP contribution in [0.2, 0.25) is 0 Å². The lowest BCUT2D eigenvalue weighted by Gasteiger charge is -2.24. The molecule has 5 rings (SSSR count). The van der Waals surface area contributed by atoms with E-state index in [0.717, 1.165) is 6.42 Å². The Labute approximate surface area is 124 Å². The van der Waals surface area contributed by atoms with Crippen molar-refractivity contribution >= 4 is 10.9 Å². The van der Waals surface area contributed by atoms with E-state index in [1.165, 1.54) is 35.1 Å². The first kappa shape index (κ1) is 11.6. The van der Waals surface area contributed by atoms with Crippen LogP contribution >= 0.6 is 0 Å². The summed E-state index contributed by atoms with van der Waals surface area (Å²) in [7, 11) is 0. The molecule has 0 amide bonds. The van der Waals surface area contributed by atoms with E-state index in [0.29, 0.717) is 12.1 Å². The lowest BCUT2D eigenvalue weighted by molar-refractivity contribution is 0.508. The van der Waals surface area contributed by atoms with Crippen LogP contribution in [0.5, 0.6) is 0 Å². The number of nitrogens with zero attached hydrogens (tertiary/aromatic N) is 1. The standard InChI is InChI=1S/C19H18N2/c1-2-6-14(7-3-1)21-17-9-5-4-8-15(17)19-16-11-10-13(20-16)12-18(19)21/h1-9,13,16,20H,10-12H2/t13-,16+/m0/s1. The van der Waals surface area contributed by atoms with Crippen LogP contribution in [0.15, 0.2) is 54.6 Å². The predicted octanol–water partition coefficient (Wildman–Crippen LogP) is 3.98. The van der Waals surface area contributed by atoms with Gasteiger partial charge >= 0.3 is 0 Å². The van der Waals surface area contributed by atoms with Crippen LogP contribution in [0, 0.1) is 0 Å². The van der Waals surface area contributed by atoms with Gasteiger partial charge in [-0.15, -0.1) is 0 Å². The van der Waals surface area contributed by atoms with Gasteiger partial charge in [-0.1, -0.05) is 36.4 Å². The normalized spacial score (nSPS) is 23.4. The molecule has 2 aliphatic heterocycles. The lowest BCUT2D eigenvalue weighted by Crippen LogP contribution is -2.32. The molecule has 0 saturated carbocycles.